The molecular formula is C23H22ClF2NO3S. The van der Waals surface area contributed by atoms with Crippen LogP contribution in [0.15, 0.2) is 71.6 Å². The molecular weight excluding hydrogens is 444 g/mol. The Balaban J connectivity index is 2.20. The zero-order valence-electron chi connectivity index (χ0n) is 17.1. The summed E-state index contributed by atoms with van der Waals surface area (Å²) in [5.41, 5.74) is 0.130. The third-order valence-electron chi connectivity index (χ3n) is 4.70. The molecule has 3 aromatic carbocycles. The highest BCUT2D eigenvalue weighted by Crippen LogP contribution is 2.38. The van der Waals surface area contributed by atoms with Crippen LogP contribution in [-0.4, -0.2) is 15.0 Å². The largest absolute Gasteiger partial charge is 0.493 e. The smallest absolute Gasteiger partial charge is 0.264 e. The molecule has 0 fully saturated rings. The topological polar surface area (TPSA) is 46.6 Å². The minimum absolute atomic E-state index is 0.0978. The molecule has 0 aliphatic rings. The van der Waals surface area contributed by atoms with Crippen LogP contribution in [0.1, 0.15) is 31.9 Å². The predicted molar refractivity (Wildman–Crippen MR) is 118 cm³/mol. The van der Waals surface area contributed by atoms with Crippen molar-refractivity contribution in [3.8, 4) is 5.75 Å². The second-order valence-electron chi connectivity index (χ2n) is 6.91. The maximum atomic E-state index is 14.8. The number of ether oxygens (including phenoxy) is 1. The van der Waals surface area contributed by atoms with Gasteiger partial charge in [-0.25, -0.2) is 17.2 Å². The molecule has 0 saturated heterocycles. The van der Waals surface area contributed by atoms with E-state index in [1.54, 1.807) is 31.2 Å². The average Bonchev–Trinajstić information content (AvgIpc) is 2.75. The van der Waals surface area contributed by atoms with Gasteiger partial charge in [0.05, 0.1) is 23.2 Å². The lowest BCUT2D eigenvalue weighted by Gasteiger charge is -2.32. The van der Waals surface area contributed by atoms with Gasteiger partial charge in [0.2, 0.25) is 0 Å². The number of halogens is 3. The van der Waals surface area contributed by atoms with Crippen molar-refractivity contribution >= 4 is 27.3 Å². The number of hydrogen-bond acceptors (Lipinski definition) is 3. The first kappa shape index (κ1) is 23.0. The summed E-state index contributed by atoms with van der Waals surface area (Å²) in [6.07, 6.45) is 0.758. The Bertz CT molecular complexity index is 1150. The molecule has 0 heterocycles. The lowest BCUT2D eigenvalue weighted by molar-refractivity contribution is 0.312. The van der Waals surface area contributed by atoms with E-state index in [1.165, 1.54) is 24.3 Å². The summed E-state index contributed by atoms with van der Waals surface area (Å²) in [6.45, 7) is 3.99. The Hall–Kier alpha value is -2.64. The molecule has 0 radical (unpaired) electrons. The van der Waals surface area contributed by atoms with Crippen molar-refractivity contribution in [2.45, 2.75) is 31.2 Å². The monoisotopic (exact) mass is 465 g/mol. The molecule has 0 bridgehead atoms. The minimum atomic E-state index is -4.28. The Labute approximate surface area is 186 Å². The van der Waals surface area contributed by atoms with Gasteiger partial charge in [0.1, 0.15) is 17.4 Å². The Morgan fingerprint density at radius 3 is 2.39 bits per heavy atom. The second-order valence-corrected chi connectivity index (χ2v) is 9.16. The normalized spacial score (nSPS) is 12.4. The molecule has 0 saturated carbocycles. The van der Waals surface area contributed by atoms with Crippen LogP contribution in [0.25, 0.3) is 0 Å². The van der Waals surface area contributed by atoms with Gasteiger partial charge in [-0.1, -0.05) is 36.7 Å². The van der Waals surface area contributed by atoms with E-state index in [-0.39, 0.29) is 4.90 Å². The van der Waals surface area contributed by atoms with Crippen LogP contribution >= 0.6 is 11.6 Å². The lowest BCUT2D eigenvalue weighted by atomic mass is 10.1. The van der Waals surface area contributed by atoms with E-state index >= 15 is 0 Å². The molecule has 1 unspecified atom stereocenters. The van der Waals surface area contributed by atoms with Crippen molar-refractivity contribution in [2.24, 2.45) is 0 Å². The molecule has 8 heteroatoms. The minimum Gasteiger partial charge on any atom is -0.493 e. The van der Waals surface area contributed by atoms with E-state index in [0.717, 1.165) is 28.9 Å². The first-order valence-electron chi connectivity index (χ1n) is 9.72. The second kappa shape index (κ2) is 9.66. The SMILES string of the molecule is CCCOc1ccccc1C(C)N(c1cc(F)ccc1F)S(=O)(=O)c1ccc(Cl)cc1. The summed E-state index contributed by atoms with van der Waals surface area (Å²) in [6, 6.07) is 14.3. The highest BCUT2D eigenvalue weighted by molar-refractivity contribution is 7.92. The van der Waals surface area contributed by atoms with E-state index in [9.17, 15) is 17.2 Å². The number of anilines is 1. The Morgan fingerprint density at radius 1 is 1.03 bits per heavy atom. The van der Waals surface area contributed by atoms with E-state index in [4.69, 9.17) is 16.3 Å². The van der Waals surface area contributed by atoms with Crippen LogP contribution < -0.4 is 9.04 Å². The van der Waals surface area contributed by atoms with Crippen molar-refractivity contribution in [2.75, 3.05) is 10.9 Å². The van der Waals surface area contributed by atoms with Crippen LogP contribution in [0, 0.1) is 11.6 Å². The van der Waals surface area contributed by atoms with Gasteiger partial charge in [0, 0.05) is 16.7 Å². The number of benzene rings is 3. The van der Waals surface area contributed by atoms with Gasteiger partial charge in [0.15, 0.2) is 0 Å². The van der Waals surface area contributed by atoms with E-state index in [0.29, 0.717) is 22.9 Å². The summed E-state index contributed by atoms with van der Waals surface area (Å²) < 4.78 is 62.7. The van der Waals surface area contributed by atoms with E-state index < -0.39 is 33.4 Å². The van der Waals surface area contributed by atoms with Crippen LogP contribution in [0.3, 0.4) is 0 Å². The molecule has 4 nitrogen and oxygen atoms in total. The lowest BCUT2D eigenvalue weighted by Crippen LogP contribution is -2.34. The first-order valence-corrected chi connectivity index (χ1v) is 11.5. The van der Waals surface area contributed by atoms with Crippen LogP contribution in [0.5, 0.6) is 5.75 Å². The highest BCUT2D eigenvalue weighted by atomic mass is 35.5. The summed E-state index contributed by atoms with van der Waals surface area (Å²) in [7, 11) is -4.28. The number of sulfonamides is 1. The molecule has 0 aliphatic heterocycles. The van der Waals surface area contributed by atoms with Crippen LogP contribution in [-0.2, 0) is 10.0 Å². The summed E-state index contributed by atoms with van der Waals surface area (Å²) in [5.74, 6) is -1.14. The predicted octanol–water partition coefficient (Wildman–Crippen LogP) is 6.36. The fourth-order valence-electron chi connectivity index (χ4n) is 3.22. The number of rotatable bonds is 8. The molecule has 31 heavy (non-hydrogen) atoms. The summed E-state index contributed by atoms with van der Waals surface area (Å²) in [4.78, 5) is -0.0978. The van der Waals surface area contributed by atoms with Gasteiger partial charge in [-0.15, -0.1) is 0 Å². The zero-order valence-corrected chi connectivity index (χ0v) is 18.6. The maximum Gasteiger partial charge on any atom is 0.264 e. The fraction of sp³-hybridized carbons (Fsp3) is 0.217. The van der Waals surface area contributed by atoms with E-state index in [1.807, 2.05) is 6.92 Å². The van der Waals surface area contributed by atoms with Crippen molar-refractivity contribution in [1.82, 2.24) is 0 Å². The average molecular weight is 466 g/mol. The standard InChI is InChI=1S/C23H22ClF2NO3S/c1-3-14-30-23-7-5-4-6-20(23)16(2)27(22-15-18(25)10-13-21(22)26)31(28,29)19-11-8-17(24)9-12-19/h4-13,15-16H,3,14H2,1-2H3. The number of hydrogen-bond donors (Lipinski definition) is 0. The molecule has 0 N–H and O–H groups in total. The molecule has 3 aromatic rings. The zero-order chi connectivity index (χ0) is 22.6. The van der Waals surface area contributed by atoms with Gasteiger partial charge < -0.3 is 4.74 Å². The van der Waals surface area contributed by atoms with Crippen molar-refractivity contribution in [3.05, 3.63) is 89.0 Å². The van der Waals surface area contributed by atoms with Crippen molar-refractivity contribution in [1.29, 1.82) is 0 Å². The molecule has 3 rings (SSSR count). The summed E-state index contributed by atoms with van der Waals surface area (Å²) in [5, 5.41) is 0.355. The third-order valence-corrected chi connectivity index (χ3v) is 6.85. The maximum absolute atomic E-state index is 14.8. The van der Waals surface area contributed by atoms with Gasteiger partial charge in [-0.2, -0.15) is 0 Å². The molecule has 0 aromatic heterocycles. The van der Waals surface area contributed by atoms with Crippen LogP contribution in [0.2, 0.25) is 5.02 Å². The Morgan fingerprint density at radius 2 is 1.71 bits per heavy atom. The first-order chi connectivity index (χ1) is 14.8. The molecule has 164 valence electrons. The van der Waals surface area contributed by atoms with Crippen LogP contribution in [0.4, 0.5) is 14.5 Å². The van der Waals surface area contributed by atoms with Gasteiger partial charge in [-0.3, -0.25) is 4.31 Å². The quantitative estimate of drug-likeness (QED) is 0.388. The molecule has 1 atom stereocenters. The molecule has 0 aliphatic carbocycles. The molecule has 0 spiro atoms. The number of para-hydroxylation sites is 1. The van der Waals surface area contributed by atoms with Crippen molar-refractivity contribution in [3.63, 3.8) is 0 Å². The Kier molecular flexibility index (Phi) is 7.18. The third kappa shape index (κ3) is 4.99. The fourth-order valence-corrected chi connectivity index (χ4v) is 4.98. The molecule has 0 amide bonds. The number of nitrogens with zero attached hydrogens (tertiary/aromatic N) is 1. The van der Waals surface area contributed by atoms with Gasteiger partial charge in [-0.05, 0) is 55.8 Å². The van der Waals surface area contributed by atoms with Crippen molar-refractivity contribution < 1.29 is 21.9 Å². The van der Waals surface area contributed by atoms with E-state index in [2.05, 4.69) is 0 Å². The highest BCUT2D eigenvalue weighted by Gasteiger charge is 2.34. The van der Waals surface area contributed by atoms with Gasteiger partial charge >= 0.3 is 0 Å². The van der Waals surface area contributed by atoms with Gasteiger partial charge in [0.25, 0.3) is 10.0 Å². The summed E-state index contributed by atoms with van der Waals surface area (Å²) >= 11 is 5.90.